The van der Waals surface area contributed by atoms with Crippen LogP contribution in [0.1, 0.15) is 38.5 Å². The van der Waals surface area contributed by atoms with Gasteiger partial charge < -0.3 is 0 Å². The van der Waals surface area contributed by atoms with Crippen LogP contribution < -0.4 is 0 Å². The molecular formula is C15H33O6Y. The first kappa shape index (κ1) is 22.9. The van der Waals surface area contributed by atoms with Crippen molar-refractivity contribution in [2.75, 3.05) is 61.0 Å². The molecule has 0 aromatic heterocycles. The first-order chi connectivity index (χ1) is 10.8. The average molecular weight is 398 g/mol. The molecule has 0 aliphatic rings. The van der Waals surface area contributed by atoms with E-state index in [-0.39, 0.29) is 0 Å². The SMILES string of the molecule is COCCCC[O][Y]([O]CCCCOC)[O]CCCCOC. The van der Waals surface area contributed by atoms with Crippen molar-refractivity contribution in [2.45, 2.75) is 38.5 Å². The second kappa shape index (κ2) is 19.9. The van der Waals surface area contributed by atoms with E-state index >= 15 is 0 Å². The van der Waals surface area contributed by atoms with Crippen molar-refractivity contribution in [3.8, 4) is 0 Å². The second-order valence-corrected chi connectivity index (χ2v) is 8.88. The summed E-state index contributed by atoms with van der Waals surface area (Å²) in [5.41, 5.74) is 0. The van der Waals surface area contributed by atoms with Crippen LogP contribution in [0.15, 0.2) is 0 Å². The van der Waals surface area contributed by atoms with Crippen molar-refractivity contribution in [1.82, 2.24) is 0 Å². The Morgan fingerprint density at radius 1 is 0.455 bits per heavy atom. The molecule has 7 heteroatoms. The third kappa shape index (κ3) is 17.2. The Morgan fingerprint density at radius 2 is 0.727 bits per heavy atom. The van der Waals surface area contributed by atoms with Crippen LogP contribution in [0, 0.1) is 0 Å². The number of methoxy groups -OCH3 is 3. The van der Waals surface area contributed by atoms with Gasteiger partial charge in [0.1, 0.15) is 0 Å². The molecule has 0 aliphatic heterocycles. The number of unbranched alkanes of at least 4 members (excludes halogenated alkanes) is 3. The monoisotopic (exact) mass is 398 g/mol. The minimum atomic E-state index is -2.75. The maximum absolute atomic E-state index is 5.85. The van der Waals surface area contributed by atoms with E-state index in [9.17, 15) is 0 Å². The predicted octanol–water partition coefficient (Wildman–Crippen LogP) is 2.68. The molecule has 0 N–H and O–H groups in total. The molecular weight excluding hydrogens is 365 g/mol. The van der Waals surface area contributed by atoms with E-state index in [1.54, 1.807) is 21.3 Å². The average Bonchev–Trinajstić information content (AvgIpc) is 2.53. The summed E-state index contributed by atoms with van der Waals surface area (Å²) in [6.45, 7) is 4.46. The summed E-state index contributed by atoms with van der Waals surface area (Å²) in [6.07, 6.45) is 5.99. The summed E-state index contributed by atoms with van der Waals surface area (Å²) in [7, 11) is 5.15. The van der Waals surface area contributed by atoms with E-state index in [4.69, 9.17) is 20.4 Å². The molecule has 0 aliphatic carbocycles. The van der Waals surface area contributed by atoms with Gasteiger partial charge in [0.05, 0.1) is 0 Å². The van der Waals surface area contributed by atoms with Gasteiger partial charge in [-0.1, -0.05) is 0 Å². The molecule has 6 nitrogen and oxygen atoms in total. The minimum absolute atomic E-state index is 0.709. The molecule has 0 atom stereocenters. The Balaban J connectivity index is 3.72. The predicted molar refractivity (Wildman–Crippen MR) is 81.2 cm³/mol. The van der Waals surface area contributed by atoms with Crippen LogP contribution in [0.25, 0.3) is 0 Å². The zero-order valence-electron chi connectivity index (χ0n) is 14.5. The maximum atomic E-state index is 5.85. The van der Waals surface area contributed by atoms with E-state index < -0.39 is 29.0 Å². The van der Waals surface area contributed by atoms with Crippen molar-refractivity contribution in [3.05, 3.63) is 0 Å². The fraction of sp³-hybridized carbons (Fsp3) is 1.00. The van der Waals surface area contributed by atoms with Crippen LogP contribution in [0.3, 0.4) is 0 Å². The van der Waals surface area contributed by atoms with Crippen LogP contribution >= 0.6 is 0 Å². The molecule has 0 rings (SSSR count). The molecule has 0 radical (unpaired) electrons. The van der Waals surface area contributed by atoms with Crippen molar-refractivity contribution < 1.29 is 49.3 Å². The molecule has 132 valence electrons. The quantitative estimate of drug-likeness (QED) is 0.331. The van der Waals surface area contributed by atoms with Crippen molar-refractivity contribution in [2.24, 2.45) is 0 Å². The Labute approximate surface area is 148 Å². The zero-order valence-corrected chi connectivity index (χ0v) is 17.4. The second-order valence-electron chi connectivity index (χ2n) is 5.00. The standard InChI is InChI=1S/3C5H11O2.Y/c3*1-7-5-3-2-4-6;/h3*2-5H2,1H3;/q3*-1;+3. The Bertz CT molecular complexity index is 175. The summed E-state index contributed by atoms with van der Waals surface area (Å²) in [5, 5.41) is 0. The molecule has 0 amide bonds. The molecule has 0 spiro atoms. The van der Waals surface area contributed by atoms with Gasteiger partial charge in [-0.25, -0.2) is 0 Å². The van der Waals surface area contributed by atoms with Gasteiger partial charge in [0, 0.05) is 0 Å². The Hall–Kier alpha value is 0.864. The van der Waals surface area contributed by atoms with E-state index in [0.29, 0.717) is 19.8 Å². The molecule has 0 heterocycles. The topological polar surface area (TPSA) is 55.4 Å². The van der Waals surface area contributed by atoms with Crippen LogP contribution in [0.2, 0.25) is 0 Å². The van der Waals surface area contributed by atoms with Gasteiger partial charge in [-0.3, -0.25) is 0 Å². The van der Waals surface area contributed by atoms with Gasteiger partial charge in [-0.15, -0.1) is 0 Å². The van der Waals surface area contributed by atoms with Crippen LogP contribution in [-0.4, -0.2) is 61.0 Å². The van der Waals surface area contributed by atoms with Gasteiger partial charge >= 0.3 is 149 Å². The van der Waals surface area contributed by atoms with Gasteiger partial charge in [-0.2, -0.15) is 0 Å². The van der Waals surface area contributed by atoms with Crippen LogP contribution in [0.4, 0.5) is 0 Å². The van der Waals surface area contributed by atoms with E-state index in [1.165, 1.54) is 0 Å². The van der Waals surface area contributed by atoms with Gasteiger partial charge in [-0.05, 0) is 0 Å². The molecule has 0 bridgehead atoms. The van der Waals surface area contributed by atoms with Gasteiger partial charge in [0.25, 0.3) is 0 Å². The van der Waals surface area contributed by atoms with Crippen LogP contribution in [-0.2, 0) is 49.3 Å². The van der Waals surface area contributed by atoms with Crippen LogP contribution in [0.5, 0.6) is 0 Å². The molecule has 0 unspecified atom stereocenters. The first-order valence-corrected chi connectivity index (χ1v) is 11.6. The number of rotatable bonds is 18. The summed E-state index contributed by atoms with van der Waals surface area (Å²) in [4.78, 5) is 0. The Morgan fingerprint density at radius 3 is 1.00 bits per heavy atom. The number of hydrogen-bond donors (Lipinski definition) is 0. The summed E-state index contributed by atoms with van der Waals surface area (Å²) < 4.78 is 32.6. The van der Waals surface area contributed by atoms with E-state index in [2.05, 4.69) is 0 Å². The molecule has 0 saturated carbocycles. The zero-order chi connectivity index (χ0) is 16.3. The molecule has 0 aromatic rings. The molecule has 0 saturated heterocycles. The van der Waals surface area contributed by atoms with Crippen molar-refractivity contribution in [1.29, 1.82) is 0 Å². The molecule has 0 aromatic carbocycles. The third-order valence-electron chi connectivity index (χ3n) is 2.99. The van der Waals surface area contributed by atoms with Crippen molar-refractivity contribution >= 4 is 0 Å². The Kier molecular flexibility index (Phi) is 20.7. The van der Waals surface area contributed by atoms with Gasteiger partial charge in [0.15, 0.2) is 0 Å². The van der Waals surface area contributed by atoms with Gasteiger partial charge in [0.2, 0.25) is 0 Å². The van der Waals surface area contributed by atoms with E-state index in [1.807, 2.05) is 0 Å². The summed E-state index contributed by atoms with van der Waals surface area (Å²) >= 11 is -2.75. The van der Waals surface area contributed by atoms with Crippen molar-refractivity contribution in [3.63, 3.8) is 0 Å². The van der Waals surface area contributed by atoms with E-state index in [0.717, 1.165) is 58.3 Å². The first-order valence-electron chi connectivity index (χ1n) is 8.16. The summed E-state index contributed by atoms with van der Waals surface area (Å²) in [5.74, 6) is 0. The summed E-state index contributed by atoms with van der Waals surface area (Å²) in [6, 6.07) is 0. The number of ether oxygens (including phenoxy) is 3. The number of hydrogen-bond acceptors (Lipinski definition) is 6. The molecule has 0 fully saturated rings. The normalized spacial score (nSPS) is 11.0. The fourth-order valence-corrected chi connectivity index (χ4v) is 5.09. The molecule has 22 heavy (non-hydrogen) atoms. The third-order valence-corrected chi connectivity index (χ3v) is 6.74. The fourth-order valence-electron chi connectivity index (χ4n) is 1.73.